The fraction of sp³-hybridized carbons (Fsp3) is 0.600. The number of hydrogen-bond donors (Lipinski definition) is 1. The number of aliphatic hydroxyl groups is 1. The Morgan fingerprint density at radius 2 is 1.89 bits per heavy atom. The van der Waals surface area contributed by atoms with Gasteiger partial charge in [-0.2, -0.15) is 4.98 Å². The Hall–Kier alpha value is -1.77. The van der Waals surface area contributed by atoms with E-state index < -0.39 is 15.9 Å². The van der Waals surface area contributed by atoms with E-state index in [0.29, 0.717) is 24.9 Å². The smallest absolute Gasteiger partial charge is 0.244 e. The van der Waals surface area contributed by atoms with Gasteiger partial charge in [0.2, 0.25) is 5.89 Å². The van der Waals surface area contributed by atoms with Crippen LogP contribution < -0.4 is 0 Å². The summed E-state index contributed by atoms with van der Waals surface area (Å²) in [7, 11) is -3.53. The molecule has 0 bridgehead atoms. The molecule has 7 nitrogen and oxygen atoms in total. The molecular weight excluding hydrogens is 378 g/mol. The molecule has 152 valence electrons. The third-order valence-electron chi connectivity index (χ3n) is 5.83. The molecule has 1 saturated heterocycles. The van der Waals surface area contributed by atoms with Crippen LogP contribution in [0.1, 0.15) is 61.8 Å². The topological polar surface area (TPSA) is 96.5 Å². The summed E-state index contributed by atoms with van der Waals surface area (Å²) in [4.78, 5) is 6.92. The highest BCUT2D eigenvalue weighted by Gasteiger charge is 2.40. The summed E-state index contributed by atoms with van der Waals surface area (Å²) in [5.41, 5.74) is 1.00. The van der Waals surface area contributed by atoms with E-state index >= 15 is 0 Å². The van der Waals surface area contributed by atoms with E-state index in [9.17, 15) is 13.5 Å². The van der Waals surface area contributed by atoms with Gasteiger partial charge in [0.1, 0.15) is 5.75 Å². The average molecular weight is 406 g/mol. The van der Waals surface area contributed by atoms with Crippen LogP contribution in [0.2, 0.25) is 0 Å². The van der Waals surface area contributed by atoms with Crippen LogP contribution in [-0.4, -0.2) is 47.3 Å². The van der Waals surface area contributed by atoms with Crippen molar-refractivity contribution < 1.29 is 18.0 Å². The van der Waals surface area contributed by atoms with Gasteiger partial charge in [-0.3, -0.25) is 4.90 Å². The Bertz CT molecular complexity index is 904. The fourth-order valence-electron chi connectivity index (χ4n) is 4.36. The number of hydrogen-bond acceptors (Lipinski definition) is 7. The van der Waals surface area contributed by atoms with E-state index in [2.05, 4.69) is 15.0 Å². The van der Waals surface area contributed by atoms with Crippen LogP contribution in [0.4, 0.5) is 0 Å². The second-order valence-corrected chi connectivity index (χ2v) is 10.0. The first-order valence-corrected chi connectivity index (χ1v) is 11.6. The van der Waals surface area contributed by atoms with Gasteiger partial charge in [-0.25, -0.2) is 8.42 Å². The first kappa shape index (κ1) is 19.5. The number of benzene rings is 1. The quantitative estimate of drug-likeness (QED) is 0.817. The molecule has 1 aromatic heterocycles. The van der Waals surface area contributed by atoms with E-state index in [1.807, 2.05) is 6.92 Å². The molecule has 0 spiro atoms. The number of likely N-dealkylation sites (tertiary alicyclic amines) is 1. The second kappa shape index (κ2) is 7.93. The summed E-state index contributed by atoms with van der Waals surface area (Å²) in [6.07, 6.45) is 6.03. The lowest BCUT2D eigenvalue weighted by molar-refractivity contribution is 0.110. The number of nitrogens with zero attached hydrogens (tertiary/aromatic N) is 3. The minimum Gasteiger partial charge on any atom is -0.392 e. The van der Waals surface area contributed by atoms with E-state index in [0.717, 1.165) is 18.4 Å². The second-order valence-electron chi connectivity index (χ2n) is 8.01. The summed E-state index contributed by atoms with van der Waals surface area (Å²) >= 11 is 0. The van der Waals surface area contributed by atoms with Crippen molar-refractivity contribution in [3.63, 3.8) is 0 Å². The third-order valence-corrected chi connectivity index (χ3v) is 7.46. The van der Waals surface area contributed by atoms with Crippen molar-refractivity contribution in [3.05, 3.63) is 41.5 Å². The SMILES string of the molecule is Cc1ccc(S(=O)(=O)Cc2noc(C3CC(O)CN3C3CCCCC3)n2)cc1. The van der Waals surface area contributed by atoms with Crippen molar-refractivity contribution in [1.29, 1.82) is 0 Å². The Morgan fingerprint density at radius 3 is 2.61 bits per heavy atom. The van der Waals surface area contributed by atoms with Crippen LogP contribution in [0.15, 0.2) is 33.7 Å². The molecule has 0 radical (unpaired) electrons. The normalized spacial score (nSPS) is 24.6. The Morgan fingerprint density at radius 1 is 1.18 bits per heavy atom. The summed E-state index contributed by atoms with van der Waals surface area (Å²) in [5, 5.41) is 14.1. The number of aliphatic hydroxyl groups excluding tert-OH is 1. The largest absolute Gasteiger partial charge is 0.392 e. The van der Waals surface area contributed by atoms with Crippen molar-refractivity contribution in [3.8, 4) is 0 Å². The van der Waals surface area contributed by atoms with Gasteiger partial charge in [0.25, 0.3) is 0 Å². The van der Waals surface area contributed by atoms with Crippen molar-refractivity contribution >= 4 is 9.84 Å². The molecule has 2 aliphatic rings. The van der Waals surface area contributed by atoms with Gasteiger partial charge >= 0.3 is 0 Å². The van der Waals surface area contributed by atoms with Gasteiger partial charge in [-0.15, -0.1) is 0 Å². The Labute approximate surface area is 165 Å². The molecule has 1 saturated carbocycles. The predicted octanol–water partition coefficient (Wildman–Crippen LogP) is 2.79. The van der Waals surface area contributed by atoms with Crippen molar-refractivity contribution in [2.24, 2.45) is 0 Å². The van der Waals surface area contributed by atoms with E-state index in [-0.39, 0.29) is 22.5 Å². The molecule has 2 unspecified atom stereocenters. The fourth-order valence-corrected chi connectivity index (χ4v) is 5.53. The van der Waals surface area contributed by atoms with Gasteiger partial charge in [0.05, 0.1) is 17.0 Å². The van der Waals surface area contributed by atoms with E-state index in [1.165, 1.54) is 19.3 Å². The minimum atomic E-state index is -3.53. The first-order chi connectivity index (χ1) is 13.4. The molecule has 0 amide bonds. The summed E-state index contributed by atoms with van der Waals surface area (Å²) in [6, 6.07) is 7.03. The van der Waals surface area contributed by atoms with Crippen molar-refractivity contribution in [2.75, 3.05) is 6.54 Å². The molecule has 2 fully saturated rings. The molecule has 1 aromatic carbocycles. The predicted molar refractivity (Wildman–Crippen MR) is 103 cm³/mol. The molecule has 1 aliphatic carbocycles. The van der Waals surface area contributed by atoms with Crippen LogP contribution in [0.5, 0.6) is 0 Å². The van der Waals surface area contributed by atoms with E-state index in [4.69, 9.17) is 4.52 Å². The standard InChI is InChI=1S/C20H27N3O4S/c1-14-7-9-17(10-8-14)28(25,26)13-19-21-20(27-22-19)18-11-16(24)12-23(18)15-5-3-2-4-6-15/h7-10,15-16,18,24H,2-6,11-13H2,1H3. The number of aromatic nitrogens is 2. The lowest BCUT2D eigenvalue weighted by atomic mass is 9.94. The third kappa shape index (κ3) is 4.14. The molecular formula is C20H27N3O4S. The molecule has 8 heteroatoms. The lowest BCUT2D eigenvalue weighted by Crippen LogP contribution is -2.37. The zero-order valence-electron chi connectivity index (χ0n) is 16.1. The van der Waals surface area contributed by atoms with Gasteiger partial charge in [-0.1, -0.05) is 42.1 Å². The monoisotopic (exact) mass is 405 g/mol. The maximum Gasteiger partial charge on any atom is 0.244 e. The molecule has 2 aromatic rings. The maximum atomic E-state index is 12.6. The van der Waals surface area contributed by atoms with Gasteiger partial charge in [0, 0.05) is 12.6 Å². The highest BCUT2D eigenvalue weighted by molar-refractivity contribution is 7.90. The zero-order valence-corrected chi connectivity index (χ0v) is 16.9. The van der Waals surface area contributed by atoms with Gasteiger partial charge in [0.15, 0.2) is 15.7 Å². The molecule has 4 rings (SSSR count). The van der Waals surface area contributed by atoms with Crippen LogP contribution >= 0.6 is 0 Å². The zero-order chi connectivity index (χ0) is 19.7. The van der Waals surface area contributed by atoms with Crippen LogP contribution in [0.25, 0.3) is 0 Å². The van der Waals surface area contributed by atoms with Crippen molar-refractivity contribution in [2.45, 2.75) is 74.3 Å². The molecule has 1 aliphatic heterocycles. The average Bonchev–Trinajstić information content (AvgIpc) is 3.29. The summed E-state index contributed by atoms with van der Waals surface area (Å²) in [6.45, 7) is 2.52. The molecule has 1 N–H and O–H groups in total. The maximum absolute atomic E-state index is 12.6. The van der Waals surface area contributed by atoms with Crippen LogP contribution in [-0.2, 0) is 15.6 Å². The summed E-state index contributed by atoms with van der Waals surface area (Å²) in [5.74, 6) is 0.287. The highest BCUT2D eigenvalue weighted by Crippen LogP contribution is 2.37. The Kier molecular flexibility index (Phi) is 5.53. The van der Waals surface area contributed by atoms with Crippen molar-refractivity contribution in [1.82, 2.24) is 15.0 Å². The van der Waals surface area contributed by atoms with Gasteiger partial charge < -0.3 is 9.63 Å². The highest BCUT2D eigenvalue weighted by atomic mass is 32.2. The number of β-amino-alcohol motifs (C(OH)–C–C–N with tert-alkyl or cyclic N) is 1. The molecule has 28 heavy (non-hydrogen) atoms. The molecule has 2 atom stereocenters. The van der Waals surface area contributed by atoms with Crippen LogP contribution in [0, 0.1) is 6.92 Å². The number of rotatable bonds is 5. The lowest BCUT2D eigenvalue weighted by Gasteiger charge is -2.33. The van der Waals surface area contributed by atoms with E-state index in [1.54, 1.807) is 24.3 Å². The van der Waals surface area contributed by atoms with Gasteiger partial charge in [-0.05, 0) is 38.3 Å². The first-order valence-electron chi connectivity index (χ1n) is 9.98. The molecule has 2 heterocycles. The van der Waals surface area contributed by atoms with Crippen LogP contribution in [0.3, 0.4) is 0 Å². The summed E-state index contributed by atoms with van der Waals surface area (Å²) < 4.78 is 30.7. The number of aryl methyl sites for hydroxylation is 1. The minimum absolute atomic E-state index is 0.138. The Balaban J connectivity index is 1.51. The number of sulfone groups is 1.